The number of amidine groups is 1. The molecule has 1 heterocycles. The van der Waals surface area contributed by atoms with Gasteiger partial charge in [0.05, 0.1) is 5.84 Å². The first-order valence-corrected chi connectivity index (χ1v) is 6.28. The Hall–Kier alpha value is -1.35. The Kier molecular flexibility index (Phi) is 3.79. The summed E-state index contributed by atoms with van der Waals surface area (Å²) < 4.78 is 0. The van der Waals surface area contributed by atoms with Crippen molar-refractivity contribution in [2.24, 2.45) is 5.73 Å². The minimum atomic E-state index is 0.292. The highest BCUT2D eigenvalue weighted by molar-refractivity contribution is 5.77. The Balaban J connectivity index is 1.94. The van der Waals surface area contributed by atoms with E-state index in [4.69, 9.17) is 11.1 Å². The van der Waals surface area contributed by atoms with Crippen LogP contribution in [0.15, 0.2) is 30.3 Å². The third-order valence-electron chi connectivity index (χ3n) is 3.63. The van der Waals surface area contributed by atoms with Crippen molar-refractivity contribution in [1.29, 1.82) is 5.41 Å². The molecule has 1 aliphatic heterocycles. The van der Waals surface area contributed by atoms with Gasteiger partial charge in [-0.2, -0.15) is 0 Å². The molecule has 0 bridgehead atoms. The molecular weight excluding hydrogens is 210 g/mol. The third kappa shape index (κ3) is 3.07. The number of likely N-dealkylation sites (tertiary alicyclic amines) is 1. The van der Waals surface area contributed by atoms with Crippen LogP contribution in [0.2, 0.25) is 0 Å². The number of nitrogens with one attached hydrogen (secondary N) is 1. The summed E-state index contributed by atoms with van der Waals surface area (Å²) in [6.07, 6.45) is 1.90. The van der Waals surface area contributed by atoms with Gasteiger partial charge in [-0.25, -0.2) is 0 Å². The molecule has 17 heavy (non-hydrogen) atoms. The summed E-state index contributed by atoms with van der Waals surface area (Å²) in [5, 5.41) is 7.35. The van der Waals surface area contributed by atoms with Crippen molar-refractivity contribution in [3.63, 3.8) is 0 Å². The van der Waals surface area contributed by atoms with Gasteiger partial charge in [0.2, 0.25) is 0 Å². The van der Waals surface area contributed by atoms with E-state index in [9.17, 15) is 0 Å². The van der Waals surface area contributed by atoms with Crippen LogP contribution in [0.5, 0.6) is 0 Å². The molecule has 0 amide bonds. The summed E-state index contributed by atoms with van der Waals surface area (Å²) in [4.78, 5) is 2.44. The van der Waals surface area contributed by atoms with Crippen LogP contribution in [0.1, 0.15) is 31.2 Å². The van der Waals surface area contributed by atoms with E-state index in [0.29, 0.717) is 24.2 Å². The zero-order chi connectivity index (χ0) is 12.3. The minimum absolute atomic E-state index is 0.292. The van der Waals surface area contributed by atoms with Gasteiger partial charge in [-0.1, -0.05) is 30.3 Å². The van der Waals surface area contributed by atoms with E-state index in [1.165, 1.54) is 12.0 Å². The van der Waals surface area contributed by atoms with Crippen LogP contribution in [0.3, 0.4) is 0 Å². The summed E-state index contributed by atoms with van der Waals surface area (Å²) in [6.45, 7) is 4.38. The van der Waals surface area contributed by atoms with Gasteiger partial charge in [-0.3, -0.25) is 10.3 Å². The smallest absolute Gasteiger partial charge is 0.0920 e. The lowest BCUT2D eigenvalue weighted by Gasteiger charge is -2.23. The molecule has 1 aromatic carbocycles. The van der Waals surface area contributed by atoms with Gasteiger partial charge in [0.15, 0.2) is 0 Å². The molecule has 3 heteroatoms. The van der Waals surface area contributed by atoms with E-state index in [-0.39, 0.29) is 0 Å². The first-order valence-electron chi connectivity index (χ1n) is 6.28. The molecule has 1 fully saturated rings. The average Bonchev–Trinajstić information content (AvgIpc) is 2.78. The molecule has 1 aliphatic rings. The molecular formula is C14H21N3. The molecule has 3 nitrogen and oxygen atoms in total. The molecule has 2 rings (SSSR count). The van der Waals surface area contributed by atoms with E-state index in [1.807, 2.05) is 0 Å². The number of nitrogens with zero attached hydrogens (tertiary/aromatic N) is 1. The van der Waals surface area contributed by atoms with Crippen LogP contribution in [-0.4, -0.2) is 29.9 Å². The summed E-state index contributed by atoms with van der Waals surface area (Å²) in [5.74, 6) is 0.936. The van der Waals surface area contributed by atoms with Crippen molar-refractivity contribution >= 4 is 5.84 Å². The lowest BCUT2D eigenvalue weighted by atomic mass is 9.99. The maximum Gasteiger partial charge on any atom is 0.0920 e. The van der Waals surface area contributed by atoms with E-state index >= 15 is 0 Å². The van der Waals surface area contributed by atoms with Crippen LogP contribution in [0.25, 0.3) is 0 Å². The van der Waals surface area contributed by atoms with E-state index in [2.05, 4.69) is 42.2 Å². The number of benzene rings is 1. The monoisotopic (exact) mass is 231 g/mol. The van der Waals surface area contributed by atoms with E-state index < -0.39 is 0 Å². The van der Waals surface area contributed by atoms with Crippen LogP contribution < -0.4 is 5.73 Å². The Morgan fingerprint density at radius 1 is 1.47 bits per heavy atom. The van der Waals surface area contributed by atoms with Crippen molar-refractivity contribution in [1.82, 2.24) is 4.90 Å². The molecule has 0 radical (unpaired) electrons. The highest BCUT2D eigenvalue weighted by Crippen LogP contribution is 2.28. The number of hydrogen-bond donors (Lipinski definition) is 2. The quantitative estimate of drug-likeness (QED) is 0.616. The third-order valence-corrected chi connectivity index (χ3v) is 3.63. The fourth-order valence-corrected chi connectivity index (χ4v) is 2.63. The van der Waals surface area contributed by atoms with Crippen molar-refractivity contribution in [2.75, 3.05) is 13.1 Å². The number of rotatable bonds is 4. The Bertz CT molecular complexity index is 374. The highest BCUT2D eigenvalue weighted by atomic mass is 15.2. The maximum atomic E-state index is 7.35. The molecule has 0 aliphatic carbocycles. The average molecular weight is 231 g/mol. The van der Waals surface area contributed by atoms with Crippen molar-refractivity contribution in [2.45, 2.75) is 31.7 Å². The predicted octanol–water partition coefficient (Wildman–Crippen LogP) is 2.19. The summed E-state index contributed by atoms with van der Waals surface area (Å²) in [5.41, 5.74) is 6.90. The summed E-state index contributed by atoms with van der Waals surface area (Å²) >= 11 is 0. The molecule has 1 saturated heterocycles. The lowest BCUT2D eigenvalue weighted by Crippen LogP contribution is -2.34. The van der Waals surface area contributed by atoms with Crippen molar-refractivity contribution < 1.29 is 0 Å². The van der Waals surface area contributed by atoms with Gasteiger partial charge < -0.3 is 5.73 Å². The van der Waals surface area contributed by atoms with Gasteiger partial charge in [0.1, 0.15) is 0 Å². The second kappa shape index (κ2) is 5.32. The first kappa shape index (κ1) is 12.1. The van der Waals surface area contributed by atoms with Crippen LogP contribution in [-0.2, 0) is 0 Å². The standard InChI is InChI=1S/C14H21N3/c1-11(9-14(15)16)17-8-7-13(10-17)12-5-3-2-4-6-12/h2-6,11,13H,7-10H2,1H3,(H3,15,16). The molecule has 2 atom stereocenters. The summed E-state index contributed by atoms with van der Waals surface area (Å²) in [6, 6.07) is 11.1. The Labute approximate surface area is 103 Å². The first-order chi connectivity index (χ1) is 8.16. The molecule has 92 valence electrons. The topological polar surface area (TPSA) is 53.1 Å². The van der Waals surface area contributed by atoms with Crippen LogP contribution in [0, 0.1) is 5.41 Å². The fourth-order valence-electron chi connectivity index (χ4n) is 2.63. The lowest BCUT2D eigenvalue weighted by molar-refractivity contribution is 0.261. The molecule has 2 unspecified atom stereocenters. The number of nitrogens with two attached hydrogens (primary N) is 1. The molecule has 0 saturated carbocycles. The maximum absolute atomic E-state index is 7.35. The van der Waals surface area contributed by atoms with Crippen LogP contribution in [0.4, 0.5) is 0 Å². The zero-order valence-electron chi connectivity index (χ0n) is 10.4. The van der Waals surface area contributed by atoms with Gasteiger partial charge in [0.25, 0.3) is 0 Å². The SMILES string of the molecule is CC(CC(=N)N)N1CCC(c2ccccc2)C1. The second-order valence-corrected chi connectivity index (χ2v) is 4.97. The van der Waals surface area contributed by atoms with E-state index in [0.717, 1.165) is 13.1 Å². The normalized spacial score (nSPS) is 22.5. The Morgan fingerprint density at radius 3 is 2.82 bits per heavy atom. The Morgan fingerprint density at radius 2 is 2.18 bits per heavy atom. The second-order valence-electron chi connectivity index (χ2n) is 4.97. The number of hydrogen-bond acceptors (Lipinski definition) is 2. The van der Waals surface area contributed by atoms with Crippen LogP contribution >= 0.6 is 0 Å². The molecule has 0 spiro atoms. The van der Waals surface area contributed by atoms with E-state index in [1.54, 1.807) is 0 Å². The fraction of sp³-hybridized carbons (Fsp3) is 0.500. The predicted molar refractivity (Wildman–Crippen MR) is 71.4 cm³/mol. The minimum Gasteiger partial charge on any atom is -0.388 e. The molecule has 0 aromatic heterocycles. The summed E-state index contributed by atoms with van der Waals surface area (Å²) in [7, 11) is 0. The van der Waals surface area contributed by atoms with Crippen molar-refractivity contribution in [3.8, 4) is 0 Å². The largest absolute Gasteiger partial charge is 0.388 e. The molecule has 1 aromatic rings. The van der Waals surface area contributed by atoms with Crippen molar-refractivity contribution in [3.05, 3.63) is 35.9 Å². The van der Waals surface area contributed by atoms with Gasteiger partial charge in [0, 0.05) is 19.0 Å². The van der Waals surface area contributed by atoms with Gasteiger partial charge in [-0.15, -0.1) is 0 Å². The van der Waals surface area contributed by atoms with Gasteiger partial charge >= 0.3 is 0 Å². The zero-order valence-corrected chi connectivity index (χ0v) is 10.4. The highest BCUT2D eigenvalue weighted by Gasteiger charge is 2.26. The molecule has 3 N–H and O–H groups in total. The van der Waals surface area contributed by atoms with Gasteiger partial charge in [-0.05, 0) is 31.4 Å².